The molecule has 24 heavy (non-hydrogen) atoms. The Morgan fingerprint density at radius 3 is 2.96 bits per heavy atom. The van der Waals surface area contributed by atoms with Gasteiger partial charge in [-0.2, -0.15) is 0 Å². The molecule has 1 aromatic heterocycles. The van der Waals surface area contributed by atoms with Crippen molar-refractivity contribution < 1.29 is 18.3 Å². The van der Waals surface area contributed by atoms with Crippen LogP contribution in [0.1, 0.15) is 0 Å². The van der Waals surface area contributed by atoms with Gasteiger partial charge < -0.3 is 14.0 Å². The summed E-state index contributed by atoms with van der Waals surface area (Å²) >= 11 is 8.51. The number of halogens is 3. The fourth-order valence-corrected chi connectivity index (χ4v) is 3.50. The second-order valence-corrected chi connectivity index (χ2v) is 6.72. The van der Waals surface area contributed by atoms with E-state index in [4.69, 9.17) is 21.7 Å². The van der Waals surface area contributed by atoms with E-state index in [9.17, 15) is 8.78 Å². The van der Waals surface area contributed by atoms with Gasteiger partial charge in [0, 0.05) is 10.7 Å². The minimum absolute atomic E-state index is 0.0271. The summed E-state index contributed by atoms with van der Waals surface area (Å²) in [5, 5.41) is 0.0271. The SMILES string of the molecule is FC(F)[C@@H]1COC(=S)N1c1cn2c(n1)-c1cc(Br)ccc1OCC2. The Balaban J connectivity index is 1.80. The van der Waals surface area contributed by atoms with E-state index in [0.29, 0.717) is 30.5 Å². The van der Waals surface area contributed by atoms with Crippen LogP contribution in [0.15, 0.2) is 28.9 Å². The first kappa shape index (κ1) is 15.8. The highest BCUT2D eigenvalue weighted by Gasteiger charge is 2.39. The number of aromatic nitrogens is 2. The zero-order chi connectivity index (χ0) is 16.8. The quantitative estimate of drug-likeness (QED) is 0.702. The summed E-state index contributed by atoms with van der Waals surface area (Å²) in [6, 6.07) is 4.52. The third-order valence-corrected chi connectivity index (χ3v) is 4.79. The molecule has 1 fully saturated rings. The van der Waals surface area contributed by atoms with Crippen molar-refractivity contribution in [2.75, 3.05) is 18.1 Å². The van der Waals surface area contributed by atoms with Crippen molar-refractivity contribution in [3.8, 4) is 17.1 Å². The number of fused-ring (bicyclic) bond motifs is 3. The maximum absolute atomic E-state index is 13.2. The molecule has 0 unspecified atom stereocenters. The van der Waals surface area contributed by atoms with E-state index in [0.717, 1.165) is 10.0 Å². The summed E-state index contributed by atoms with van der Waals surface area (Å²) in [6.45, 7) is 0.899. The third-order valence-electron chi connectivity index (χ3n) is 3.98. The second kappa shape index (κ2) is 5.96. The van der Waals surface area contributed by atoms with Gasteiger partial charge in [-0.3, -0.25) is 4.90 Å². The molecule has 0 spiro atoms. The van der Waals surface area contributed by atoms with E-state index in [1.165, 1.54) is 4.90 Å². The lowest BCUT2D eigenvalue weighted by atomic mass is 10.2. The number of anilines is 1. The molecule has 0 aliphatic carbocycles. The lowest BCUT2D eigenvalue weighted by Gasteiger charge is -2.19. The van der Waals surface area contributed by atoms with Crippen LogP contribution in [-0.2, 0) is 11.3 Å². The van der Waals surface area contributed by atoms with Gasteiger partial charge in [-0.05, 0) is 30.4 Å². The molecular weight excluding hydrogens is 404 g/mol. The molecule has 0 radical (unpaired) electrons. The molecule has 0 N–H and O–H groups in total. The van der Waals surface area contributed by atoms with Gasteiger partial charge in [-0.1, -0.05) is 15.9 Å². The molecule has 0 bridgehead atoms. The highest BCUT2D eigenvalue weighted by molar-refractivity contribution is 9.10. The number of thiocarbonyl (C=S) groups is 1. The third kappa shape index (κ3) is 2.55. The average Bonchev–Trinajstić information content (AvgIpc) is 3.08. The fraction of sp³-hybridized carbons (Fsp3) is 0.333. The maximum Gasteiger partial charge on any atom is 0.265 e. The molecule has 4 rings (SSSR count). The van der Waals surface area contributed by atoms with Gasteiger partial charge >= 0.3 is 0 Å². The molecular formula is C15H12BrF2N3O2S. The van der Waals surface area contributed by atoms with Crippen molar-refractivity contribution in [2.45, 2.75) is 19.0 Å². The zero-order valence-electron chi connectivity index (χ0n) is 12.3. The number of ether oxygens (including phenoxy) is 2. The van der Waals surface area contributed by atoms with Crippen LogP contribution >= 0.6 is 28.1 Å². The highest BCUT2D eigenvalue weighted by Crippen LogP contribution is 2.36. The number of hydrogen-bond donors (Lipinski definition) is 0. The van der Waals surface area contributed by atoms with Crippen LogP contribution in [0.25, 0.3) is 11.4 Å². The number of nitrogens with zero attached hydrogens (tertiary/aromatic N) is 3. The lowest BCUT2D eigenvalue weighted by molar-refractivity contribution is 0.106. The summed E-state index contributed by atoms with van der Waals surface area (Å²) in [7, 11) is 0. The lowest BCUT2D eigenvalue weighted by Crippen LogP contribution is -2.38. The molecule has 1 saturated heterocycles. The molecule has 126 valence electrons. The van der Waals surface area contributed by atoms with Crippen molar-refractivity contribution in [3.63, 3.8) is 0 Å². The molecule has 5 nitrogen and oxygen atoms in total. The summed E-state index contributed by atoms with van der Waals surface area (Å²) in [5.74, 6) is 1.73. The first-order valence-electron chi connectivity index (χ1n) is 7.28. The van der Waals surface area contributed by atoms with Gasteiger partial charge in [0.05, 0.1) is 12.1 Å². The van der Waals surface area contributed by atoms with E-state index in [1.54, 1.807) is 6.20 Å². The smallest absolute Gasteiger partial charge is 0.265 e. The molecule has 2 aliphatic heterocycles. The van der Waals surface area contributed by atoms with Gasteiger partial charge in [-0.15, -0.1) is 0 Å². The van der Waals surface area contributed by atoms with E-state index in [2.05, 4.69) is 20.9 Å². The molecule has 0 amide bonds. The van der Waals surface area contributed by atoms with Crippen molar-refractivity contribution in [1.82, 2.24) is 9.55 Å². The predicted molar refractivity (Wildman–Crippen MR) is 91.7 cm³/mol. The summed E-state index contributed by atoms with van der Waals surface area (Å²) in [6.07, 6.45) is -0.859. The highest BCUT2D eigenvalue weighted by atomic mass is 79.9. The van der Waals surface area contributed by atoms with Crippen LogP contribution < -0.4 is 9.64 Å². The maximum atomic E-state index is 13.2. The summed E-state index contributed by atoms with van der Waals surface area (Å²) in [4.78, 5) is 5.84. The Morgan fingerprint density at radius 2 is 2.17 bits per heavy atom. The summed E-state index contributed by atoms with van der Waals surface area (Å²) in [5.41, 5.74) is 0.799. The van der Waals surface area contributed by atoms with Crippen molar-refractivity contribution in [1.29, 1.82) is 0 Å². The Kier molecular flexibility index (Phi) is 3.92. The molecule has 3 heterocycles. The number of benzene rings is 1. The Bertz CT molecular complexity index is 814. The predicted octanol–water partition coefficient (Wildman–Crippen LogP) is 3.46. The zero-order valence-corrected chi connectivity index (χ0v) is 14.7. The van der Waals surface area contributed by atoms with Crippen LogP contribution in [0.4, 0.5) is 14.6 Å². The molecule has 1 aromatic carbocycles. The molecule has 9 heteroatoms. The van der Waals surface area contributed by atoms with Crippen LogP contribution in [0, 0.1) is 0 Å². The summed E-state index contributed by atoms with van der Waals surface area (Å²) < 4.78 is 40.1. The molecule has 2 aromatic rings. The normalized spacial score (nSPS) is 19.6. The number of hydrogen-bond acceptors (Lipinski definition) is 4. The number of imidazole rings is 1. The molecule has 2 aliphatic rings. The fourth-order valence-electron chi connectivity index (χ4n) is 2.85. The van der Waals surface area contributed by atoms with E-state index < -0.39 is 12.5 Å². The standard InChI is InChI=1S/C15H12BrF2N3O2S/c16-8-1-2-11-9(5-8)14-19-12(6-20(14)3-4-22-11)21-10(13(17)18)7-23-15(21)24/h1-2,5-6,10,13H,3-4,7H2/t10-/m0/s1. The van der Waals surface area contributed by atoms with Gasteiger partial charge in [0.2, 0.25) is 0 Å². The molecule has 0 saturated carbocycles. The topological polar surface area (TPSA) is 39.5 Å². The second-order valence-electron chi connectivity index (χ2n) is 5.45. The van der Waals surface area contributed by atoms with E-state index in [-0.39, 0.29) is 11.8 Å². The van der Waals surface area contributed by atoms with Crippen molar-refractivity contribution in [2.24, 2.45) is 0 Å². The van der Waals surface area contributed by atoms with Crippen LogP contribution in [0.2, 0.25) is 0 Å². The molecule has 1 atom stereocenters. The first-order valence-corrected chi connectivity index (χ1v) is 8.49. The number of rotatable bonds is 2. The van der Waals surface area contributed by atoms with E-state index >= 15 is 0 Å². The van der Waals surface area contributed by atoms with Crippen molar-refractivity contribution in [3.05, 3.63) is 28.9 Å². The minimum atomic E-state index is -2.57. The van der Waals surface area contributed by atoms with Gasteiger partial charge in [0.1, 0.15) is 30.8 Å². The van der Waals surface area contributed by atoms with Crippen molar-refractivity contribution >= 4 is 39.1 Å². The van der Waals surface area contributed by atoms with Gasteiger partial charge in [0.15, 0.2) is 5.82 Å². The van der Waals surface area contributed by atoms with E-state index in [1.807, 2.05) is 22.8 Å². The van der Waals surface area contributed by atoms with Gasteiger partial charge in [-0.25, -0.2) is 13.8 Å². The minimum Gasteiger partial charge on any atom is -0.491 e. The Labute approximate surface area is 150 Å². The largest absolute Gasteiger partial charge is 0.491 e. The number of alkyl halides is 2. The Morgan fingerprint density at radius 1 is 1.33 bits per heavy atom. The first-order chi connectivity index (χ1) is 11.5. The van der Waals surface area contributed by atoms with Crippen LogP contribution in [0.5, 0.6) is 5.75 Å². The monoisotopic (exact) mass is 415 g/mol. The average molecular weight is 416 g/mol. The van der Waals surface area contributed by atoms with Crippen LogP contribution in [-0.4, -0.2) is 40.4 Å². The Hall–Kier alpha value is -1.74. The van der Waals surface area contributed by atoms with Gasteiger partial charge in [0.25, 0.3) is 11.6 Å². The van der Waals surface area contributed by atoms with Crippen LogP contribution in [0.3, 0.4) is 0 Å².